The largest absolute Gasteiger partial charge is 0.497 e. The average molecular weight is 553 g/mol. The summed E-state index contributed by atoms with van der Waals surface area (Å²) in [6.45, 7) is 2.05. The first-order valence-electron chi connectivity index (χ1n) is 13.3. The summed E-state index contributed by atoms with van der Waals surface area (Å²) in [4.78, 5) is 42.5. The third-order valence-electron chi connectivity index (χ3n) is 7.12. The van der Waals surface area contributed by atoms with E-state index in [2.05, 4.69) is 5.32 Å². The van der Waals surface area contributed by atoms with Gasteiger partial charge in [0, 0.05) is 12.1 Å². The monoisotopic (exact) mass is 552 g/mol. The molecule has 1 N–H and O–H groups in total. The van der Waals surface area contributed by atoms with Gasteiger partial charge in [-0.3, -0.25) is 9.59 Å². The number of carbonyl (C=O) groups is 3. The van der Waals surface area contributed by atoms with Crippen LogP contribution in [0.15, 0.2) is 97.1 Å². The van der Waals surface area contributed by atoms with Crippen LogP contribution in [0.1, 0.15) is 56.3 Å². The molecular formula is C33H29FN2O5. The molecule has 0 aliphatic carbocycles. The predicted octanol–water partition coefficient (Wildman–Crippen LogP) is 6.13. The smallest absolute Gasteiger partial charge is 0.340 e. The fourth-order valence-corrected chi connectivity index (χ4v) is 5.20. The van der Waals surface area contributed by atoms with Crippen LogP contribution in [0.25, 0.3) is 0 Å². The summed E-state index contributed by atoms with van der Waals surface area (Å²) in [5, 5.41) is 2.94. The summed E-state index contributed by atoms with van der Waals surface area (Å²) >= 11 is 0. The van der Waals surface area contributed by atoms with Crippen molar-refractivity contribution < 1.29 is 28.2 Å². The first-order chi connectivity index (χ1) is 19.9. The molecule has 0 unspecified atom stereocenters. The quantitative estimate of drug-likeness (QED) is 0.266. The van der Waals surface area contributed by atoms with Crippen molar-refractivity contribution >= 4 is 23.5 Å². The van der Waals surface area contributed by atoms with Crippen LogP contribution in [-0.4, -0.2) is 36.4 Å². The molecule has 1 heterocycles. The molecule has 7 nitrogen and oxygen atoms in total. The Labute approximate surface area is 237 Å². The minimum Gasteiger partial charge on any atom is -0.497 e. The van der Waals surface area contributed by atoms with E-state index in [4.69, 9.17) is 9.47 Å². The Bertz CT molecular complexity index is 1570. The summed E-state index contributed by atoms with van der Waals surface area (Å²) in [6, 6.07) is 26.1. The molecule has 8 heteroatoms. The van der Waals surface area contributed by atoms with Gasteiger partial charge in [-0.05, 0) is 66.1 Å². The zero-order valence-electron chi connectivity index (χ0n) is 22.7. The number of nitrogens with zero attached hydrogens (tertiary/aromatic N) is 1. The second-order valence-electron chi connectivity index (χ2n) is 9.60. The van der Waals surface area contributed by atoms with E-state index in [1.807, 2.05) is 12.1 Å². The van der Waals surface area contributed by atoms with Gasteiger partial charge in [0.15, 0.2) is 0 Å². The van der Waals surface area contributed by atoms with Gasteiger partial charge in [0.1, 0.15) is 11.6 Å². The summed E-state index contributed by atoms with van der Waals surface area (Å²) in [5.74, 6) is -1.78. The van der Waals surface area contributed by atoms with Crippen LogP contribution < -0.4 is 10.1 Å². The van der Waals surface area contributed by atoms with Crippen LogP contribution in [-0.2, 0) is 16.1 Å². The maximum absolute atomic E-state index is 14.2. The van der Waals surface area contributed by atoms with E-state index >= 15 is 0 Å². The molecule has 0 aromatic heterocycles. The number of para-hydroxylation sites is 1. The minimum absolute atomic E-state index is 0.146. The highest BCUT2D eigenvalue weighted by atomic mass is 19.1. The Hall–Kier alpha value is -4.98. The lowest BCUT2D eigenvalue weighted by Gasteiger charge is -2.42. The molecule has 2 atom stereocenters. The summed E-state index contributed by atoms with van der Waals surface area (Å²) in [5.41, 5.74) is 2.94. The maximum Gasteiger partial charge on any atom is 0.340 e. The SMILES string of the molecule is CCOC(=O)c1ccccc1NC(=O)[C@H]1c2ccccc2C(=O)N(Cc2ccc(F)cc2)[C@H]1c1ccc(OC)cc1. The lowest BCUT2D eigenvalue weighted by molar-refractivity contribution is -0.119. The van der Waals surface area contributed by atoms with E-state index in [1.165, 1.54) is 12.1 Å². The molecular weight excluding hydrogens is 523 g/mol. The van der Waals surface area contributed by atoms with Gasteiger partial charge in [-0.25, -0.2) is 9.18 Å². The third-order valence-corrected chi connectivity index (χ3v) is 7.12. The molecule has 0 fully saturated rings. The molecule has 4 aromatic carbocycles. The highest BCUT2D eigenvalue weighted by molar-refractivity contribution is 6.07. The fraction of sp³-hybridized carbons (Fsp3) is 0.182. The number of ether oxygens (including phenoxy) is 2. The van der Waals surface area contributed by atoms with Crippen LogP contribution in [0.5, 0.6) is 5.75 Å². The van der Waals surface area contributed by atoms with Crippen molar-refractivity contribution in [2.24, 2.45) is 0 Å². The number of hydrogen-bond acceptors (Lipinski definition) is 5. The molecule has 0 bridgehead atoms. The first-order valence-corrected chi connectivity index (χ1v) is 13.3. The zero-order valence-corrected chi connectivity index (χ0v) is 22.7. The number of hydrogen-bond donors (Lipinski definition) is 1. The van der Waals surface area contributed by atoms with E-state index < -0.39 is 23.8 Å². The van der Waals surface area contributed by atoms with Gasteiger partial charge < -0.3 is 19.7 Å². The van der Waals surface area contributed by atoms with E-state index in [0.29, 0.717) is 28.1 Å². The molecule has 0 radical (unpaired) electrons. The number of benzene rings is 4. The highest BCUT2D eigenvalue weighted by Gasteiger charge is 2.44. The second kappa shape index (κ2) is 12.0. The molecule has 41 heavy (non-hydrogen) atoms. The van der Waals surface area contributed by atoms with Crippen molar-refractivity contribution in [3.05, 3.63) is 131 Å². The van der Waals surface area contributed by atoms with Gasteiger partial charge in [0.25, 0.3) is 5.91 Å². The average Bonchev–Trinajstić information content (AvgIpc) is 3.00. The van der Waals surface area contributed by atoms with Crippen LogP contribution >= 0.6 is 0 Å². The number of rotatable bonds is 8. The Kier molecular flexibility index (Phi) is 8.10. The topological polar surface area (TPSA) is 84.9 Å². The number of halogens is 1. The third kappa shape index (κ3) is 5.68. The summed E-state index contributed by atoms with van der Waals surface area (Å²) < 4.78 is 24.2. The molecule has 0 saturated heterocycles. The molecule has 4 aromatic rings. The van der Waals surface area contributed by atoms with Crippen LogP contribution in [0.2, 0.25) is 0 Å². The molecule has 1 aliphatic heterocycles. The van der Waals surface area contributed by atoms with Crippen LogP contribution in [0.4, 0.5) is 10.1 Å². The van der Waals surface area contributed by atoms with Crippen molar-refractivity contribution in [3.63, 3.8) is 0 Å². The lowest BCUT2D eigenvalue weighted by atomic mass is 9.79. The van der Waals surface area contributed by atoms with Crippen LogP contribution in [0.3, 0.4) is 0 Å². The van der Waals surface area contributed by atoms with E-state index in [-0.39, 0.29) is 30.4 Å². The normalized spacial score (nSPS) is 16.1. The first kappa shape index (κ1) is 27.6. The van der Waals surface area contributed by atoms with Crippen molar-refractivity contribution in [2.75, 3.05) is 19.0 Å². The van der Waals surface area contributed by atoms with Gasteiger partial charge in [-0.15, -0.1) is 0 Å². The van der Waals surface area contributed by atoms with E-state index in [0.717, 1.165) is 5.56 Å². The maximum atomic E-state index is 14.2. The second-order valence-corrected chi connectivity index (χ2v) is 9.60. The fourth-order valence-electron chi connectivity index (χ4n) is 5.20. The van der Waals surface area contributed by atoms with Gasteiger partial charge >= 0.3 is 5.97 Å². The number of nitrogens with one attached hydrogen (secondary N) is 1. The van der Waals surface area contributed by atoms with Gasteiger partial charge in [-0.2, -0.15) is 0 Å². The summed E-state index contributed by atoms with van der Waals surface area (Å²) in [7, 11) is 1.56. The minimum atomic E-state index is -0.840. The number of methoxy groups -OCH3 is 1. The number of esters is 1. The molecule has 0 spiro atoms. The Morgan fingerprint density at radius 3 is 2.29 bits per heavy atom. The predicted molar refractivity (Wildman–Crippen MR) is 152 cm³/mol. The van der Waals surface area contributed by atoms with Gasteiger partial charge in [0.05, 0.1) is 36.9 Å². The Balaban J connectivity index is 1.62. The van der Waals surface area contributed by atoms with Crippen molar-refractivity contribution in [1.29, 1.82) is 0 Å². The van der Waals surface area contributed by atoms with Gasteiger partial charge in [0.2, 0.25) is 5.91 Å². The number of fused-ring (bicyclic) bond motifs is 1. The lowest BCUT2D eigenvalue weighted by Crippen LogP contribution is -2.45. The van der Waals surface area contributed by atoms with Crippen LogP contribution in [0, 0.1) is 5.82 Å². The molecule has 2 amide bonds. The number of amides is 2. The molecule has 0 saturated carbocycles. The number of carbonyl (C=O) groups excluding carboxylic acids is 3. The van der Waals surface area contributed by atoms with Crippen molar-refractivity contribution in [1.82, 2.24) is 4.90 Å². The van der Waals surface area contributed by atoms with E-state index in [1.54, 1.807) is 91.7 Å². The summed E-state index contributed by atoms with van der Waals surface area (Å²) in [6.07, 6.45) is 0. The molecule has 5 rings (SSSR count). The molecule has 208 valence electrons. The van der Waals surface area contributed by atoms with Gasteiger partial charge in [-0.1, -0.05) is 54.6 Å². The molecule has 1 aliphatic rings. The van der Waals surface area contributed by atoms with Crippen molar-refractivity contribution in [2.45, 2.75) is 25.4 Å². The standard InChI is InChI=1S/C33H29FN2O5/c1-3-41-33(39)27-10-6-7-11-28(27)35-31(37)29-25-8-4-5-9-26(25)32(38)36(20-21-12-16-23(34)17-13-21)30(29)22-14-18-24(40-2)19-15-22/h4-19,29-30H,3,20H2,1-2H3,(H,35,37)/t29-,30-/m0/s1. The zero-order chi connectivity index (χ0) is 28.9. The highest BCUT2D eigenvalue weighted by Crippen LogP contribution is 2.44. The van der Waals surface area contributed by atoms with E-state index in [9.17, 15) is 18.8 Å². The van der Waals surface area contributed by atoms with Crippen molar-refractivity contribution in [3.8, 4) is 5.75 Å². The number of anilines is 1. The Morgan fingerprint density at radius 1 is 0.902 bits per heavy atom. The Morgan fingerprint density at radius 2 is 1.59 bits per heavy atom.